The molecule has 0 radical (unpaired) electrons. The molecule has 0 aliphatic heterocycles. The number of rotatable bonds is 5. The second-order valence-corrected chi connectivity index (χ2v) is 6.90. The first kappa shape index (κ1) is 18.5. The number of carbonyl (C=O) groups is 1. The van der Waals surface area contributed by atoms with E-state index in [9.17, 15) is 9.59 Å². The Kier molecular flexibility index (Phi) is 4.60. The number of anilines is 1. The first-order valence-electron chi connectivity index (χ1n) is 9.59. The maximum Gasteiger partial charge on any atom is 0.261 e. The predicted octanol–water partition coefficient (Wildman–Crippen LogP) is 2.48. The molecule has 2 aromatic carbocycles. The van der Waals surface area contributed by atoms with Crippen LogP contribution < -0.4 is 10.9 Å². The zero-order valence-corrected chi connectivity index (χ0v) is 16.3. The van der Waals surface area contributed by atoms with Crippen LogP contribution in [0.2, 0.25) is 0 Å². The first-order valence-corrected chi connectivity index (χ1v) is 9.59. The number of fused-ring (bicyclic) bond motifs is 1. The fourth-order valence-corrected chi connectivity index (χ4v) is 3.35. The van der Waals surface area contributed by atoms with Crippen LogP contribution in [0.5, 0.6) is 0 Å². The second kappa shape index (κ2) is 7.71. The topological polar surface area (TPSA) is 110 Å². The van der Waals surface area contributed by atoms with E-state index in [4.69, 9.17) is 0 Å². The molecule has 152 valence electrons. The van der Waals surface area contributed by atoms with Gasteiger partial charge in [0.15, 0.2) is 5.65 Å². The van der Waals surface area contributed by atoms with Gasteiger partial charge in [0.25, 0.3) is 5.56 Å². The van der Waals surface area contributed by atoms with Gasteiger partial charge in [-0.3, -0.25) is 9.59 Å². The van der Waals surface area contributed by atoms with Gasteiger partial charge in [-0.25, -0.2) is 14.3 Å². The van der Waals surface area contributed by atoms with Crippen LogP contribution in [0.4, 0.5) is 5.69 Å². The van der Waals surface area contributed by atoms with E-state index in [2.05, 4.69) is 25.5 Å². The van der Waals surface area contributed by atoms with Crippen molar-refractivity contribution in [3.8, 4) is 11.4 Å². The molecule has 5 rings (SSSR count). The van der Waals surface area contributed by atoms with Gasteiger partial charge in [-0.05, 0) is 29.8 Å². The van der Waals surface area contributed by atoms with Crippen LogP contribution in [0, 0.1) is 0 Å². The van der Waals surface area contributed by atoms with Crippen molar-refractivity contribution in [2.75, 3.05) is 5.32 Å². The van der Waals surface area contributed by atoms with Gasteiger partial charge in [0.05, 0.1) is 42.2 Å². The molecule has 9 heteroatoms. The van der Waals surface area contributed by atoms with Crippen LogP contribution >= 0.6 is 0 Å². The highest BCUT2D eigenvalue weighted by atomic mass is 16.1. The monoisotopic (exact) mass is 411 g/mol. The smallest absolute Gasteiger partial charge is 0.261 e. The Hall–Kier alpha value is -4.53. The quantitative estimate of drug-likeness (QED) is 0.462. The third-order valence-corrected chi connectivity index (χ3v) is 4.80. The Labute approximate surface area is 176 Å². The van der Waals surface area contributed by atoms with E-state index in [1.165, 1.54) is 17.2 Å². The molecule has 0 aliphatic carbocycles. The number of aromatic nitrogens is 6. The molecule has 9 nitrogen and oxygen atoms in total. The molecular weight excluding hydrogens is 394 g/mol. The molecule has 0 bridgehead atoms. The van der Waals surface area contributed by atoms with Crippen molar-refractivity contribution in [2.45, 2.75) is 6.42 Å². The van der Waals surface area contributed by atoms with Gasteiger partial charge in [0.2, 0.25) is 5.91 Å². The largest absolute Gasteiger partial charge is 0.324 e. The summed E-state index contributed by atoms with van der Waals surface area (Å²) in [4.78, 5) is 31.4. The fraction of sp³-hybridized carbons (Fsp3) is 0.0455. The molecule has 3 heterocycles. The fourth-order valence-electron chi connectivity index (χ4n) is 3.35. The summed E-state index contributed by atoms with van der Waals surface area (Å²) in [6.45, 7) is 0. The molecule has 31 heavy (non-hydrogen) atoms. The number of aromatic amines is 1. The highest BCUT2D eigenvalue weighted by Crippen LogP contribution is 2.22. The number of benzene rings is 2. The standard InChI is InChI=1S/C22H17N7O2/c30-20(10-15-11-25-28(13-15)16-6-2-1-3-7-16)27-18-8-4-5-9-19(18)29-21-17(12-26-29)22(31)24-14-23-21/h1-9,11-14H,10H2,(H,27,30)(H,23,24,31). The van der Waals surface area contributed by atoms with Gasteiger partial charge in [-0.1, -0.05) is 30.3 Å². The lowest BCUT2D eigenvalue weighted by Gasteiger charge is -2.11. The number of para-hydroxylation sites is 3. The SMILES string of the molecule is O=C(Cc1cnn(-c2ccccc2)c1)Nc1ccccc1-n1ncc2c(=O)[nH]cnc21. The minimum absolute atomic E-state index is 0.166. The highest BCUT2D eigenvalue weighted by Gasteiger charge is 2.14. The molecule has 0 fully saturated rings. The normalized spacial score (nSPS) is 11.0. The van der Waals surface area contributed by atoms with Gasteiger partial charge < -0.3 is 10.3 Å². The molecule has 0 spiro atoms. The van der Waals surface area contributed by atoms with Crippen molar-refractivity contribution in [3.05, 3.63) is 95.4 Å². The lowest BCUT2D eigenvalue weighted by molar-refractivity contribution is -0.115. The summed E-state index contributed by atoms with van der Waals surface area (Å²) in [7, 11) is 0. The predicted molar refractivity (Wildman–Crippen MR) is 115 cm³/mol. The van der Waals surface area contributed by atoms with Crippen molar-refractivity contribution in [1.82, 2.24) is 29.5 Å². The van der Waals surface area contributed by atoms with E-state index in [1.54, 1.807) is 23.0 Å². The van der Waals surface area contributed by atoms with E-state index < -0.39 is 0 Å². The lowest BCUT2D eigenvalue weighted by atomic mass is 10.2. The molecular formula is C22H17N7O2. The molecule has 0 unspecified atom stereocenters. The number of carbonyl (C=O) groups excluding carboxylic acids is 1. The summed E-state index contributed by atoms with van der Waals surface area (Å²) in [5, 5.41) is 11.9. The van der Waals surface area contributed by atoms with Crippen molar-refractivity contribution in [2.24, 2.45) is 0 Å². The molecule has 3 aromatic heterocycles. The summed E-state index contributed by atoms with van der Waals surface area (Å²) < 4.78 is 3.27. The van der Waals surface area contributed by atoms with Crippen LogP contribution in [-0.4, -0.2) is 35.4 Å². The maximum atomic E-state index is 12.7. The van der Waals surface area contributed by atoms with Crippen molar-refractivity contribution < 1.29 is 4.79 Å². The molecule has 0 aliphatic rings. The maximum absolute atomic E-state index is 12.7. The van der Waals surface area contributed by atoms with Crippen molar-refractivity contribution in [1.29, 1.82) is 0 Å². The molecule has 2 N–H and O–H groups in total. The van der Waals surface area contributed by atoms with Crippen LogP contribution in [0.25, 0.3) is 22.4 Å². The molecule has 0 saturated carbocycles. The zero-order chi connectivity index (χ0) is 21.2. The Bertz CT molecular complexity index is 1430. The van der Waals surface area contributed by atoms with Crippen molar-refractivity contribution >= 4 is 22.6 Å². The van der Waals surface area contributed by atoms with Crippen LogP contribution in [0.15, 0.2) is 84.3 Å². The molecule has 1 amide bonds. The van der Waals surface area contributed by atoms with Gasteiger partial charge in [-0.2, -0.15) is 10.2 Å². The summed E-state index contributed by atoms with van der Waals surface area (Å²) in [6, 6.07) is 16.9. The number of hydrogen-bond acceptors (Lipinski definition) is 5. The number of nitrogens with one attached hydrogen (secondary N) is 2. The Balaban J connectivity index is 1.39. The van der Waals surface area contributed by atoms with Crippen LogP contribution in [0.3, 0.4) is 0 Å². The first-order chi connectivity index (χ1) is 15.2. The second-order valence-electron chi connectivity index (χ2n) is 6.90. The van der Waals surface area contributed by atoms with Gasteiger partial charge >= 0.3 is 0 Å². The summed E-state index contributed by atoms with van der Waals surface area (Å²) in [5.41, 5.74) is 3.03. The highest BCUT2D eigenvalue weighted by molar-refractivity contribution is 5.94. The van der Waals surface area contributed by atoms with E-state index in [0.29, 0.717) is 22.4 Å². The number of hydrogen-bond donors (Lipinski definition) is 2. The Morgan fingerprint density at radius 2 is 1.81 bits per heavy atom. The Morgan fingerprint density at radius 1 is 1.00 bits per heavy atom. The third kappa shape index (κ3) is 3.60. The minimum atomic E-state index is -0.270. The summed E-state index contributed by atoms with van der Waals surface area (Å²) in [5.74, 6) is -0.192. The van der Waals surface area contributed by atoms with Gasteiger partial charge in [0.1, 0.15) is 5.39 Å². The van der Waals surface area contributed by atoms with Crippen LogP contribution in [0.1, 0.15) is 5.56 Å². The Morgan fingerprint density at radius 3 is 2.68 bits per heavy atom. The number of nitrogens with zero attached hydrogens (tertiary/aromatic N) is 5. The van der Waals surface area contributed by atoms with Gasteiger partial charge in [0, 0.05) is 6.20 Å². The number of H-pyrrole nitrogens is 1. The van der Waals surface area contributed by atoms with Gasteiger partial charge in [-0.15, -0.1) is 0 Å². The summed E-state index contributed by atoms with van der Waals surface area (Å²) >= 11 is 0. The van der Waals surface area contributed by atoms with E-state index in [0.717, 1.165) is 11.3 Å². The van der Waals surface area contributed by atoms with E-state index in [1.807, 2.05) is 48.7 Å². The van der Waals surface area contributed by atoms with E-state index in [-0.39, 0.29) is 17.9 Å². The third-order valence-electron chi connectivity index (χ3n) is 4.80. The average molecular weight is 411 g/mol. The minimum Gasteiger partial charge on any atom is -0.324 e. The van der Waals surface area contributed by atoms with Crippen molar-refractivity contribution in [3.63, 3.8) is 0 Å². The van der Waals surface area contributed by atoms with Crippen LogP contribution in [-0.2, 0) is 11.2 Å². The molecule has 5 aromatic rings. The lowest BCUT2D eigenvalue weighted by Crippen LogP contribution is -2.16. The molecule has 0 atom stereocenters. The summed E-state index contributed by atoms with van der Waals surface area (Å²) in [6.07, 6.45) is 6.46. The van der Waals surface area contributed by atoms with E-state index >= 15 is 0 Å². The number of amides is 1. The zero-order valence-electron chi connectivity index (χ0n) is 16.3. The molecule has 0 saturated heterocycles. The average Bonchev–Trinajstić information content (AvgIpc) is 3.43.